The van der Waals surface area contributed by atoms with E-state index in [1.807, 2.05) is 0 Å². The number of thiazole rings is 1. The Morgan fingerprint density at radius 2 is 1.88 bits per heavy atom. The summed E-state index contributed by atoms with van der Waals surface area (Å²) in [5, 5.41) is 23.9. The van der Waals surface area contributed by atoms with Crippen LogP contribution in [0.25, 0.3) is 16.0 Å². The average molecular weight is 499 g/mol. The third kappa shape index (κ3) is 3.43. The number of non-ortho nitro benzene ring substituents is 1. The molecule has 5 rings (SSSR count). The van der Waals surface area contributed by atoms with Crippen LogP contribution in [-0.4, -0.2) is 26.7 Å². The summed E-state index contributed by atoms with van der Waals surface area (Å²) < 4.78 is 27.7. The number of carbonyl (C=O) groups excluding carboxylic acids is 2. The summed E-state index contributed by atoms with van der Waals surface area (Å²) in [5.74, 6) is -4.78. The summed E-state index contributed by atoms with van der Waals surface area (Å²) in [7, 11) is 0. The van der Waals surface area contributed by atoms with Gasteiger partial charge in [-0.25, -0.2) is 13.8 Å². The number of hydrogen-bond acceptors (Lipinski definition) is 8. The Kier molecular flexibility index (Phi) is 5.18. The van der Waals surface area contributed by atoms with E-state index in [1.165, 1.54) is 29.5 Å². The molecule has 1 aliphatic heterocycles. The molecule has 0 saturated carbocycles. The van der Waals surface area contributed by atoms with Crippen LogP contribution in [0.2, 0.25) is 0 Å². The number of benzene rings is 2. The number of nitro benzene ring substituents is 1. The summed E-state index contributed by atoms with van der Waals surface area (Å²) in [6, 6.07) is 9.15. The number of aromatic nitrogens is 1. The number of aliphatic hydroxyl groups is 1. The average Bonchev–Trinajstić information content (AvgIpc) is 3.53. The van der Waals surface area contributed by atoms with E-state index in [2.05, 4.69) is 4.98 Å². The number of hydrogen-bond donors (Lipinski definition) is 1. The summed E-state index contributed by atoms with van der Waals surface area (Å²) in [6.45, 7) is 0. The van der Waals surface area contributed by atoms with Gasteiger partial charge in [0.05, 0.1) is 20.7 Å². The van der Waals surface area contributed by atoms with Gasteiger partial charge in [0.1, 0.15) is 11.8 Å². The monoisotopic (exact) mass is 499 g/mol. The zero-order valence-corrected chi connectivity index (χ0v) is 18.4. The number of nitrogens with zero attached hydrogens (tertiary/aromatic N) is 3. The van der Waals surface area contributed by atoms with Crippen LogP contribution in [0, 0.1) is 21.7 Å². The van der Waals surface area contributed by atoms with Crippen molar-refractivity contribution in [2.45, 2.75) is 6.04 Å². The number of halogens is 2. The summed E-state index contributed by atoms with van der Waals surface area (Å²) >= 11 is 2.10. The maximum atomic E-state index is 13.7. The highest BCUT2D eigenvalue weighted by molar-refractivity contribution is 7.22. The summed E-state index contributed by atoms with van der Waals surface area (Å²) in [6.07, 6.45) is 0. The number of rotatable bonds is 4. The molecule has 0 bridgehead atoms. The van der Waals surface area contributed by atoms with E-state index in [9.17, 15) is 33.6 Å². The third-order valence-corrected chi connectivity index (χ3v) is 7.15. The van der Waals surface area contributed by atoms with Crippen LogP contribution in [0.15, 0.2) is 59.5 Å². The van der Waals surface area contributed by atoms with E-state index < -0.39 is 40.0 Å². The lowest BCUT2D eigenvalue weighted by atomic mass is 9.99. The Bertz CT molecular complexity index is 1490. The maximum Gasteiger partial charge on any atom is 0.301 e. The van der Waals surface area contributed by atoms with Crippen LogP contribution in [0.4, 0.5) is 19.6 Å². The second-order valence-electron chi connectivity index (χ2n) is 7.22. The van der Waals surface area contributed by atoms with Crippen molar-refractivity contribution in [1.29, 1.82) is 0 Å². The van der Waals surface area contributed by atoms with Gasteiger partial charge in [0.15, 0.2) is 16.8 Å². The Labute approximate surface area is 197 Å². The first-order valence-electron chi connectivity index (χ1n) is 9.61. The van der Waals surface area contributed by atoms with Crippen molar-refractivity contribution in [2.75, 3.05) is 4.90 Å². The predicted molar refractivity (Wildman–Crippen MR) is 122 cm³/mol. The Morgan fingerprint density at radius 1 is 1.12 bits per heavy atom. The van der Waals surface area contributed by atoms with Crippen LogP contribution < -0.4 is 4.90 Å². The molecule has 170 valence electrons. The SMILES string of the molecule is O=C1C(=O)N(c2nc3cc(F)c(F)cc3s2)C(c2cccs2)/C1=C(\O)c1cccc([N+](=O)[O-])c1. The molecular formula is C22H11F2N3O5S2. The van der Waals surface area contributed by atoms with E-state index in [0.717, 1.165) is 34.4 Å². The highest BCUT2D eigenvalue weighted by atomic mass is 32.1. The second kappa shape index (κ2) is 8.08. The van der Waals surface area contributed by atoms with Gasteiger partial charge in [-0.3, -0.25) is 24.6 Å². The van der Waals surface area contributed by atoms with Crippen molar-refractivity contribution in [3.63, 3.8) is 0 Å². The Balaban J connectivity index is 1.71. The first-order chi connectivity index (χ1) is 16.3. The van der Waals surface area contributed by atoms with E-state index in [1.54, 1.807) is 17.5 Å². The van der Waals surface area contributed by atoms with Gasteiger partial charge in [0, 0.05) is 28.6 Å². The first kappa shape index (κ1) is 21.8. The molecule has 2 aromatic carbocycles. The molecule has 0 radical (unpaired) electrons. The van der Waals surface area contributed by atoms with Crippen LogP contribution in [0.5, 0.6) is 0 Å². The second-order valence-corrected chi connectivity index (χ2v) is 9.21. The number of fused-ring (bicyclic) bond motifs is 1. The van der Waals surface area contributed by atoms with Gasteiger partial charge in [0.25, 0.3) is 11.5 Å². The molecule has 1 N–H and O–H groups in total. The maximum absolute atomic E-state index is 13.7. The fourth-order valence-electron chi connectivity index (χ4n) is 3.68. The highest BCUT2D eigenvalue weighted by Gasteiger charge is 2.48. The van der Waals surface area contributed by atoms with E-state index in [0.29, 0.717) is 4.88 Å². The fourth-order valence-corrected chi connectivity index (χ4v) is 5.51. The zero-order valence-electron chi connectivity index (χ0n) is 16.8. The number of thiophene rings is 1. The molecule has 1 atom stereocenters. The number of nitro groups is 1. The van der Waals surface area contributed by atoms with E-state index >= 15 is 0 Å². The molecular weight excluding hydrogens is 488 g/mol. The standard InChI is InChI=1S/C22H11F2N3O5S2/c23-12-8-14-16(9-13(12)24)34-22(25-14)26-18(15-5-2-6-33-15)17(20(29)21(26)30)19(28)10-3-1-4-11(7-10)27(31)32/h1-9,18,28H/b19-17+. The van der Waals surface area contributed by atoms with Gasteiger partial charge in [-0.1, -0.05) is 29.5 Å². The lowest BCUT2D eigenvalue weighted by molar-refractivity contribution is -0.384. The topological polar surface area (TPSA) is 114 Å². The molecule has 0 spiro atoms. The number of anilines is 1. The number of ketones is 1. The van der Waals surface area contributed by atoms with Crippen LogP contribution in [0.3, 0.4) is 0 Å². The molecule has 3 heterocycles. The van der Waals surface area contributed by atoms with Crippen molar-refractivity contribution in [1.82, 2.24) is 4.98 Å². The largest absolute Gasteiger partial charge is 0.507 e. The van der Waals surface area contributed by atoms with Gasteiger partial charge in [-0.05, 0) is 17.5 Å². The molecule has 0 aliphatic carbocycles. The van der Waals surface area contributed by atoms with Gasteiger partial charge in [-0.15, -0.1) is 11.3 Å². The molecule has 1 aliphatic rings. The Hall–Kier alpha value is -4.03. The van der Waals surface area contributed by atoms with Crippen LogP contribution in [0.1, 0.15) is 16.5 Å². The molecule has 34 heavy (non-hydrogen) atoms. The van der Waals surface area contributed by atoms with Gasteiger partial charge in [0.2, 0.25) is 0 Å². The number of Topliss-reactive ketones (excluding diaryl/α,β-unsaturated/α-hetero) is 1. The molecule has 4 aromatic rings. The quantitative estimate of drug-likeness (QED) is 0.136. The number of carbonyl (C=O) groups is 2. The van der Waals surface area contributed by atoms with E-state index in [-0.39, 0.29) is 32.2 Å². The molecule has 12 heteroatoms. The third-order valence-electron chi connectivity index (χ3n) is 5.21. The number of aliphatic hydroxyl groups excluding tert-OH is 1. The zero-order chi connectivity index (χ0) is 24.1. The molecule has 1 unspecified atom stereocenters. The number of amides is 1. The fraction of sp³-hybridized carbons (Fsp3) is 0.0455. The minimum absolute atomic E-state index is 0.0119. The molecule has 1 saturated heterocycles. The van der Waals surface area contributed by atoms with Crippen molar-refractivity contribution >= 4 is 61.2 Å². The van der Waals surface area contributed by atoms with E-state index in [4.69, 9.17) is 0 Å². The van der Waals surface area contributed by atoms with Crippen molar-refractivity contribution in [3.05, 3.63) is 91.7 Å². The normalized spacial score (nSPS) is 17.6. The smallest absolute Gasteiger partial charge is 0.301 e. The van der Waals surface area contributed by atoms with Crippen LogP contribution in [-0.2, 0) is 9.59 Å². The minimum atomic E-state index is -1.10. The molecule has 2 aromatic heterocycles. The van der Waals surface area contributed by atoms with Gasteiger partial charge < -0.3 is 5.11 Å². The lowest BCUT2D eigenvalue weighted by Gasteiger charge is -2.21. The van der Waals surface area contributed by atoms with Crippen molar-refractivity contribution in [3.8, 4) is 0 Å². The molecule has 1 fully saturated rings. The predicted octanol–water partition coefficient (Wildman–Crippen LogP) is 5.17. The molecule has 1 amide bonds. The van der Waals surface area contributed by atoms with Crippen molar-refractivity contribution in [2.24, 2.45) is 0 Å². The minimum Gasteiger partial charge on any atom is -0.507 e. The van der Waals surface area contributed by atoms with Crippen LogP contribution >= 0.6 is 22.7 Å². The van der Waals surface area contributed by atoms with Crippen molar-refractivity contribution < 1.29 is 28.4 Å². The van der Waals surface area contributed by atoms with Gasteiger partial charge >= 0.3 is 5.91 Å². The summed E-state index contributed by atoms with van der Waals surface area (Å²) in [5.41, 5.74) is -0.489. The lowest BCUT2D eigenvalue weighted by Crippen LogP contribution is -2.28. The molecule has 8 nitrogen and oxygen atoms in total. The Morgan fingerprint density at radius 3 is 2.59 bits per heavy atom. The first-order valence-corrected chi connectivity index (χ1v) is 11.3. The van der Waals surface area contributed by atoms with Gasteiger partial charge in [-0.2, -0.15) is 0 Å². The highest BCUT2D eigenvalue weighted by Crippen LogP contribution is 2.45. The summed E-state index contributed by atoms with van der Waals surface area (Å²) in [4.78, 5) is 42.5.